The standard InChI is InChI=1S/C13H18N4S/c1-17-5-2-3-10(8-17)7-14-13-12-11(4-6-18-12)15-9-16-13/h4,6,9-10H,2-3,5,7-8H2,1H3,(H,14,15,16). The molecule has 4 nitrogen and oxygen atoms in total. The molecule has 1 aliphatic rings. The van der Waals surface area contributed by atoms with Gasteiger partial charge in [-0.25, -0.2) is 9.97 Å². The summed E-state index contributed by atoms with van der Waals surface area (Å²) in [6.07, 6.45) is 4.27. The highest BCUT2D eigenvalue weighted by Gasteiger charge is 2.17. The van der Waals surface area contributed by atoms with Crippen molar-refractivity contribution in [2.75, 3.05) is 32.0 Å². The van der Waals surface area contributed by atoms with Gasteiger partial charge in [0.05, 0.1) is 10.2 Å². The van der Waals surface area contributed by atoms with Gasteiger partial charge in [0.2, 0.25) is 0 Å². The fourth-order valence-corrected chi connectivity index (χ4v) is 3.41. The predicted molar refractivity (Wildman–Crippen MR) is 76.1 cm³/mol. The molecule has 1 atom stereocenters. The molecule has 3 heterocycles. The minimum Gasteiger partial charge on any atom is -0.368 e. The summed E-state index contributed by atoms with van der Waals surface area (Å²) in [6, 6.07) is 2.04. The van der Waals surface area contributed by atoms with Gasteiger partial charge in [-0.05, 0) is 43.8 Å². The monoisotopic (exact) mass is 262 g/mol. The van der Waals surface area contributed by atoms with Gasteiger partial charge in [-0.15, -0.1) is 11.3 Å². The third-order valence-electron chi connectivity index (χ3n) is 3.52. The molecule has 0 bridgehead atoms. The summed E-state index contributed by atoms with van der Waals surface area (Å²) in [4.78, 5) is 11.0. The molecule has 0 aromatic carbocycles. The minimum absolute atomic E-state index is 0.730. The first kappa shape index (κ1) is 11.9. The number of rotatable bonds is 3. The lowest BCUT2D eigenvalue weighted by atomic mass is 9.98. The van der Waals surface area contributed by atoms with Gasteiger partial charge in [0, 0.05) is 13.1 Å². The number of nitrogens with zero attached hydrogens (tertiary/aromatic N) is 3. The number of aromatic nitrogens is 2. The normalized spacial score (nSPS) is 21.3. The number of likely N-dealkylation sites (tertiary alicyclic amines) is 1. The van der Waals surface area contributed by atoms with Crippen LogP contribution in [0.25, 0.3) is 10.2 Å². The smallest absolute Gasteiger partial charge is 0.147 e. The van der Waals surface area contributed by atoms with Gasteiger partial charge in [-0.1, -0.05) is 0 Å². The topological polar surface area (TPSA) is 41.0 Å². The van der Waals surface area contributed by atoms with Crippen LogP contribution in [0, 0.1) is 5.92 Å². The first-order valence-corrected chi connectivity index (χ1v) is 7.31. The molecular weight excluding hydrogens is 244 g/mol. The second kappa shape index (κ2) is 5.20. The van der Waals surface area contributed by atoms with Gasteiger partial charge in [0.25, 0.3) is 0 Å². The van der Waals surface area contributed by atoms with E-state index in [9.17, 15) is 0 Å². The first-order chi connectivity index (χ1) is 8.83. The Bertz CT molecular complexity index is 524. The quantitative estimate of drug-likeness (QED) is 0.922. The van der Waals surface area contributed by atoms with E-state index in [0.717, 1.165) is 23.8 Å². The SMILES string of the molecule is CN1CCCC(CNc2ncnc3ccsc23)C1. The van der Waals surface area contributed by atoms with E-state index in [0.29, 0.717) is 0 Å². The van der Waals surface area contributed by atoms with Crippen molar-refractivity contribution in [2.24, 2.45) is 5.92 Å². The summed E-state index contributed by atoms with van der Waals surface area (Å²) in [7, 11) is 2.20. The lowest BCUT2D eigenvalue weighted by Gasteiger charge is -2.29. The van der Waals surface area contributed by atoms with Crippen molar-refractivity contribution in [3.63, 3.8) is 0 Å². The third kappa shape index (κ3) is 2.47. The van der Waals surface area contributed by atoms with E-state index < -0.39 is 0 Å². The van der Waals surface area contributed by atoms with Gasteiger partial charge in [-0.2, -0.15) is 0 Å². The van der Waals surface area contributed by atoms with Crippen LogP contribution in [-0.2, 0) is 0 Å². The molecule has 2 aromatic rings. The van der Waals surface area contributed by atoms with Gasteiger partial charge in [0.15, 0.2) is 0 Å². The van der Waals surface area contributed by atoms with Crippen molar-refractivity contribution in [3.05, 3.63) is 17.8 Å². The maximum Gasteiger partial charge on any atom is 0.147 e. The van der Waals surface area contributed by atoms with Crippen molar-refractivity contribution < 1.29 is 0 Å². The molecule has 18 heavy (non-hydrogen) atoms. The first-order valence-electron chi connectivity index (χ1n) is 6.43. The maximum absolute atomic E-state index is 4.36. The number of anilines is 1. The second-order valence-electron chi connectivity index (χ2n) is 5.01. The van der Waals surface area contributed by atoms with Crippen LogP contribution in [0.3, 0.4) is 0 Å². The molecule has 3 rings (SSSR count). The Morgan fingerprint density at radius 2 is 2.44 bits per heavy atom. The fourth-order valence-electron chi connectivity index (χ4n) is 2.60. The molecule has 0 radical (unpaired) electrons. The van der Waals surface area contributed by atoms with Crippen molar-refractivity contribution in [1.29, 1.82) is 0 Å². The lowest BCUT2D eigenvalue weighted by molar-refractivity contribution is 0.217. The van der Waals surface area contributed by atoms with E-state index >= 15 is 0 Å². The summed E-state index contributed by atoms with van der Waals surface area (Å²) in [5.41, 5.74) is 1.04. The van der Waals surface area contributed by atoms with Crippen molar-refractivity contribution in [1.82, 2.24) is 14.9 Å². The zero-order chi connectivity index (χ0) is 12.4. The van der Waals surface area contributed by atoms with Crippen LogP contribution in [0.2, 0.25) is 0 Å². The number of hydrogen-bond donors (Lipinski definition) is 1. The molecule has 0 amide bonds. The highest BCUT2D eigenvalue weighted by atomic mass is 32.1. The van der Waals surface area contributed by atoms with Gasteiger partial charge in [0.1, 0.15) is 12.1 Å². The van der Waals surface area contributed by atoms with Crippen LogP contribution < -0.4 is 5.32 Å². The van der Waals surface area contributed by atoms with E-state index in [4.69, 9.17) is 0 Å². The van der Waals surface area contributed by atoms with E-state index in [2.05, 4.69) is 32.6 Å². The molecule has 1 aliphatic heterocycles. The third-order valence-corrected chi connectivity index (χ3v) is 4.43. The van der Waals surface area contributed by atoms with Crippen LogP contribution >= 0.6 is 11.3 Å². The summed E-state index contributed by atoms with van der Waals surface area (Å²) in [5.74, 6) is 1.72. The van der Waals surface area contributed by atoms with Crippen LogP contribution in [0.5, 0.6) is 0 Å². The van der Waals surface area contributed by atoms with E-state index in [-0.39, 0.29) is 0 Å². The lowest BCUT2D eigenvalue weighted by Crippen LogP contribution is -2.35. The molecule has 5 heteroatoms. The molecule has 0 saturated carbocycles. The average molecular weight is 262 g/mol. The van der Waals surface area contributed by atoms with Crippen molar-refractivity contribution in [3.8, 4) is 0 Å². The number of hydrogen-bond acceptors (Lipinski definition) is 5. The predicted octanol–water partition coefficient (Wildman–Crippen LogP) is 2.45. The second-order valence-corrected chi connectivity index (χ2v) is 5.92. The van der Waals surface area contributed by atoms with Gasteiger partial charge in [-0.3, -0.25) is 0 Å². The largest absolute Gasteiger partial charge is 0.368 e. The average Bonchev–Trinajstić information content (AvgIpc) is 2.85. The highest BCUT2D eigenvalue weighted by Crippen LogP contribution is 2.25. The number of fused-ring (bicyclic) bond motifs is 1. The summed E-state index contributed by atoms with van der Waals surface area (Å²) in [6.45, 7) is 3.43. The van der Waals surface area contributed by atoms with Crippen LogP contribution in [0.1, 0.15) is 12.8 Å². The van der Waals surface area contributed by atoms with Crippen LogP contribution in [-0.4, -0.2) is 41.5 Å². The summed E-state index contributed by atoms with van der Waals surface area (Å²) in [5, 5.41) is 5.57. The Balaban J connectivity index is 1.67. The number of nitrogens with one attached hydrogen (secondary N) is 1. The number of piperidine rings is 1. The van der Waals surface area contributed by atoms with Gasteiger partial charge < -0.3 is 10.2 Å². The Hall–Kier alpha value is -1.20. The van der Waals surface area contributed by atoms with Crippen LogP contribution in [0.4, 0.5) is 5.82 Å². The Kier molecular flexibility index (Phi) is 3.43. The van der Waals surface area contributed by atoms with E-state index in [1.807, 2.05) is 6.07 Å². The molecule has 0 spiro atoms. The van der Waals surface area contributed by atoms with E-state index in [1.165, 1.54) is 30.6 Å². The molecular formula is C13H18N4S. The molecule has 1 N–H and O–H groups in total. The Morgan fingerprint density at radius 3 is 3.33 bits per heavy atom. The Morgan fingerprint density at radius 1 is 1.50 bits per heavy atom. The minimum atomic E-state index is 0.730. The maximum atomic E-state index is 4.36. The Labute approximate surface area is 111 Å². The highest BCUT2D eigenvalue weighted by molar-refractivity contribution is 7.17. The van der Waals surface area contributed by atoms with E-state index in [1.54, 1.807) is 17.7 Å². The molecule has 1 unspecified atom stereocenters. The summed E-state index contributed by atoms with van der Waals surface area (Å²) < 4.78 is 1.17. The van der Waals surface area contributed by atoms with Crippen LogP contribution in [0.15, 0.2) is 17.8 Å². The molecule has 1 fully saturated rings. The van der Waals surface area contributed by atoms with Crippen molar-refractivity contribution in [2.45, 2.75) is 12.8 Å². The molecule has 1 saturated heterocycles. The number of thiophene rings is 1. The van der Waals surface area contributed by atoms with Crippen molar-refractivity contribution >= 4 is 27.4 Å². The molecule has 2 aromatic heterocycles. The zero-order valence-electron chi connectivity index (χ0n) is 10.6. The fraction of sp³-hybridized carbons (Fsp3) is 0.538. The molecule has 96 valence electrons. The summed E-state index contributed by atoms with van der Waals surface area (Å²) >= 11 is 1.70. The van der Waals surface area contributed by atoms with Gasteiger partial charge >= 0.3 is 0 Å². The zero-order valence-corrected chi connectivity index (χ0v) is 11.4. The molecule has 0 aliphatic carbocycles.